The van der Waals surface area contributed by atoms with E-state index in [1.165, 1.54) is 17.6 Å². The maximum absolute atomic E-state index is 13.1. The number of hydrogen-bond acceptors (Lipinski definition) is 6. The second-order valence-corrected chi connectivity index (χ2v) is 8.76. The molecule has 174 valence electrons. The minimum atomic E-state index is -0.397. The van der Waals surface area contributed by atoms with Crippen LogP contribution >= 0.6 is 0 Å². The molecule has 1 aliphatic heterocycles. The van der Waals surface area contributed by atoms with E-state index in [1.807, 2.05) is 6.92 Å². The molecule has 0 amide bonds. The first-order chi connectivity index (χ1) is 16.0. The van der Waals surface area contributed by atoms with Crippen molar-refractivity contribution < 1.29 is 28.7 Å². The van der Waals surface area contributed by atoms with Gasteiger partial charge in [0.05, 0.1) is 36.2 Å². The number of piperidine rings is 1. The lowest BCUT2D eigenvalue weighted by atomic mass is 9.99. The van der Waals surface area contributed by atoms with Crippen LogP contribution in [0, 0.1) is 5.92 Å². The zero-order chi connectivity index (χ0) is 23.4. The molecule has 1 unspecified atom stereocenters. The zero-order valence-electron chi connectivity index (χ0n) is 19.1. The van der Waals surface area contributed by atoms with Crippen molar-refractivity contribution >= 4 is 16.9 Å². The van der Waals surface area contributed by atoms with Crippen LogP contribution in [-0.4, -0.2) is 30.8 Å². The molecule has 1 saturated heterocycles. The van der Waals surface area contributed by atoms with Gasteiger partial charge < -0.3 is 23.9 Å². The molecule has 0 radical (unpaired) electrons. The van der Waals surface area contributed by atoms with Gasteiger partial charge in [0.1, 0.15) is 24.3 Å². The quantitative estimate of drug-likeness (QED) is 0.532. The number of likely N-dealkylation sites (tertiary alicyclic amines) is 1. The van der Waals surface area contributed by atoms with Crippen LogP contribution in [-0.2, 0) is 11.3 Å². The number of carbonyl (C=O) groups excluding carboxylic acids is 1. The van der Waals surface area contributed by atoms with Gasteiger partial charge in [-0.25, -0.2) is 4.79 Å². The van der Waals surface area contributed by atoms with Crippen molar-refractivity contribution in [3.05, 3.63) is 64.0 Å². The van der Waals surface area contributed by atoms with Gasteiger partial charge in [0.2, 0.25) is 11.2 Å². The summed E-state index contributed by atoms with van der Waals surface area (Å²) >= 11 is 0. The summed E-state index contributed by atoms with van der Waals surface area (Å²) in [6.45, 7) is 7.21. The van der Waals surface area contributed by atoms with Gasteiger partial charge in [-0.1, -0.05) is 13.8 Å². The van der Waals surface area contributed by atoms with Gasteiger partial charge in [-0.05, 0) is 55.7 Å². The molecule has 3 aromatic rings. The summed E-state index contributed by atoms with van der Waals surface area (Å²) in [6, 6.07) is 9.50. The summed E-state index contributed by atoms with van der Waals surface area (Å²) in [7, 11) is 0. The van der Waals surface area contributed by atoms with Gasteiger partial charge in [0.15, 0.2) is 5.58 Å². The zero-order valence-corrected chi connectivity index (χ0v) is 19.1. The normalized spacial score (nSPS) is 18.2. The van der Waals surface area contributed by atoms with Gasteiger partial charge in [0.25, 0.3) is 0 Å². The van der Waals surface area contributed by atoms with E-state index in [2.05, 4.69) is 6.92 Å². The molecule has 2 heterocycles. The van der Waals surface area contributed by atoms with Gasteiger partial charge in [0, 0.05) is 5.92 Å². The number of quaternary nitrogens is 1. The van der Waals surface area contributed by atoms with Crippen LogP contribution in [0.4, 0.5) is 0 Å². The Kier molecular flexibility index (Phi) is 6.99. The van der Waals surface area contributed by atoms with E-state index in [0.717, 1.165) is 25.9 Å². The highest BCUT2D eigenvalue weighted by Crippen LogP contribution is 2.28. The van der Waals surface area contributed by atoms with Gasteiger partial charge in [-0.15, -0.1) is 0 Å². The third-order valence-electron chi connectivity index (χ3n) is 6.03. The lowest BCUT2D eigenvalue weighted by Gasteiger charge is -2.28. The number of phenols is 1. The average Bonchev–Trinajstić information content (AvgIpc) is 2.81. The third-order valence-corrected chi connectivity index (χ3v) is 6.03. The highest BCUT2D eigenvalue weighted by Gasteiger charge is 2.24. The van der Waals surface area contributed by atoms with E-state index in [0.29, 0.717) is 46.9 Å². The molecule has 0 spiro atoms. The second kappa shape index (κ2) is 10.1. The molecule has 1 aromatic heterocycles. The minimum absolute atomic E-state index is 0.0411. The number of ether oxygens (including phenoxy) is 2. The van der Waals surface area contributed by atoms with Crippen molar-refractivity contribution in [3.8, 4) is 17.2 Å². The van der Waals surface area contributed by atoms with Crippen LogP contribution in [0.5, 0.6) is 17.2 Å². The summed E-state index contributed by atoms with van der Waals surface area (Å²) in [5, 5.41) is 10.8. The summed E-state index contributed by atoms with van der Waals surface area (Å²) in [5.41, 5.74) is 1.14. The SMILES string of the molecule is CCCOC(=O)c1ccc(Oc2coc3c(C[NH+]4CCC[C@H](C)C4)c(O)ccc3c2=O)cc1. The molecular weight excluding hydrogens is 422 g/mol. The monoisotopic (exact) mass is 452 g/mol. The number of benzene rings is 2. The molecule has 0 bridgehead atoms. The molecule has 0 aliphatic carbocycles. The number of nitrogens with one attached hydrogen (secondary N) is 1. The van der Waals surface area contributed by atoms with E-state index in [4.69, 9.17) is 13.9 Å². The predicted molar refractivity (Wildman–Crippen MR) is 124 cm³/mol. The minimum Gasteiger partial charge on any atom is -0.507 e. The Morgan fingerprint density at radius 2 is 2.00 bits per heavy atom. The fourth-order valence-electron chi connectivity index (χ4n) is 4.34. The summed E-state index contributed by atoms with van der Waals surface area (Å²) in [6.07, 6.45) is 4.41. The molecule has 7 nitrogen and oxygen atoms in total. The lowest BCUT2D eigenvalue weighted by Crippen LogP contribution is -3.12. The van der Waals surface area contributed by atoms with Crippen molar-refractivity contribution in [1.29, 1.82) is 0 Å². The standard InChI is InChI=1S/C26H29NO6/c1-3-13-31-26(30)18-6-8-19(9-7-18)33-23-16-32-25-20(24(23)29)10-11-22(28)21(25)15-27-12-4-5-17(2)14-27/h6-11,16-17,28H,3-5,12-15H2,1-2H3/p+1/t17-/m0/s1. The maximum Gasteiger partial charge on any atom is 0.338 e. The average molecular weight is 453 g/mol. The third kappa shape index (κ3) is 5.20. The first kappa shape index (κ1) is 22.9. The van der Waals surface area contributed by atoms with Crippen LogP contribution in [0.3, 0.4) is 0 Å². The van der Waals surface area contributed by atoms with Crippen LogP contribution < -0.4 is 15.1 Å². The molecule has 0 saturated carbocycles. The highest BCUT2D eigenvalue weighted by molar-refractivity contribution is 5.89. The molecule has 7 heteroatoms. The van der Waals surface area contributed by atoms with E-state index < -0.39 is 5.97 Å². The van der Waals surface area contributed by atoms with Gasteiger partial charge in [-0.2, -0.15) is 0 Å². The van der Waals surface area contributed by atoms with Crippen LogP contribution in [0.1, 0.15) is 49.0 Å². The number of esters is 1. The van der Waals surface area contributed by atoms with Crippen molar-refractivity contribution in [3.63, 3.8) is 0 Å². The maximum atomic E-state index is 13.1. The van der Waals surface area contributed by atoms with E-state index in [1.54, 1.807) is 36.4 Å². The fourth-order valence-corrected chi connectivity index (χ4v) is 4.34. The summed E-state index contributed by atoms with van der Waals surface area (Å²) in [4.78, 5) is 26.4. The smallest absolute Gasteiger partial charge is 0.338 e. The topological polar surface area (TPSA) is 90.4 Å². The lowest BCUT2D eigenvalue weighted by molar-refractivity contribution is -0.922. The van der Waals surface area contributed by atoms with E-state index in [-0.39, 0.29) is 16.9 Å². The van der Waals surface area contributed by atoms with Crippen LogP contribution in [0.2, 0.25) is 0 Å². The molecule has 33 heavy (non-hydrogen) atoms. The number of hydrogen-bond donors (Lipinski definition) is 2. The van der Waals surface area contributed by atoms with Crippen molar-refractivity contribution in [2.75, 3.05) is 19.7 Å². The number of aromatic hydroxyl groups is 1. The fraction of sp³-hybridized carbons (Fsp3) is 0.385. The van der Waals surface area contributed by atoms with E-state index >= 15 is 0 Å². The predicted octanol–water partition coefficient (Wildman–Crippen LogP) is 3.67. The van der Waals surface area contributed by atoms with Crippen LogP contribution in [0.25, 0.3) is 11.0 Å². The molecule has 1 fully saturated rings. The number of rotatable bonds is 7. The Hall–Kier alpha value is -3.32. The Bertz CT molecular complexity index is 1180. The first-order valence-electron chi connectivity index (χ1n) is 11.5. The molecule has 2 N–H and O–H groups in total. The van der Waals surface area contributed by atoms with Crippen molar-refractivity contribution in [1.82, 2.24) is 0 Å². The Morgan fingerprint density at radius 3 is 2.73 bits per heavy atom. The van der Waals surface area contributed by atoms with Gasteiger partial charge in [-0.3, -0.25) is 4.79 Å². The molecule has 4 rings (SSSR count). The molecule has 2 aromatic carbocycles. The van der Waals surface area contributed by atoms with Crippen molar-refractivity contribution in [2.24, 2.45) is 5.92 Å². The van der Waals surface area contributed by atoms with E-state index in [9.17, 15) is 14.7 Å². The molecule has 2 atom stereocenters. The summed E-state index contributed by atoms with van der Waals surface area (Å²) < 4.78 is 16.7. The first-order valence-corrected chi connectivity index (χ1v) is 11.5. The van der Waals surface area contributed by atoms with Gasteiger partial charge >= 0.3 is 5.97 Å². The number of fused-ring (bicyclic) bond motifs is 1. The molecule has 1 aliphatic rings. The largest absolute Gasteiger partial charge is 0.507 e. The Morgan fingerprint density at radius 1 is 1.21 bits per heavy atom. The second-order valence-electron chi connectivity index (χ2n) is 8.76. The molecular formula is C26H30NO6+. The van der Waals surface area contributed by atoms with Crippen molar-refractivity contribution in [2.45, 2.75) is 39.7 Å². The number of phenolic OH excluding ortho intramolecular Hbond substituents is 1. The van der Waals surface area contributed by atoms with Crippen LogP contribution in [0.15, 0.2) is 51.9 Å². The Labute approximate surface area is 192 Å². The highest BCUT2D eigenvalue weighted by atomic mass is 16.5. The number of carbonyl (C=O) groups is 1. The summed E-state index contributed by atoms with van der Waals surface area (Å²) in [5.74, 6) is 0.818. The Balaban J connectivity index is 1.56.